The minimum Gasteiger partial charge on any atom is -0.481 e. The van der Waals surface area contributed by atoms with E-state index in [1.54, 1.807) is 7.11 Å². The van der Waals surface area contributed by atoms with Gasteiger partial charge in [-0.1, -0.05) is 49.5 Å². The summed E-state index contributed by atoms with van der Waals surface area (Å²) in [5, 5.41) is 0.707. The Hall–Kier alpha value is -0.650. The number of aromatic nitrogens is 2. The van der Waals surface area contributed by atoms with Crippen LogP contribution in [0.1, 0.15) is 16.1 Å². The summed E-state index contributed by atoms with van der Waals surface area (Å²) in [6.07, 6.45) is 2.24. The molecule has 0 radical (unpaired) electrons. The highest BCUT2D eigenvalue weighted by Gasteiger charge is 2.13. The monoisotopic (exact) mass is 404 g/mol. The van der Waals surface area contributed by atoms with Crippen molar-refractivity contribution in [2.24, 2.45) is 0 Å². The maximum atomic E-state index is 5.94. The van der Waals surface area contributed by atoms with Crippen molar-refractivity contribution >= 4 is 43.5 Å². The first-order valence-corrected chi connectivity index (χ1v) is 7.62. The van der Waals surface area contributed by atoms with Gasteiger partial charge in [0, 0.05) is 32.5 Å². The molecule has 1 atom stereocenters. The van der Waals surface area contributed by atoms with E-state index in [2.05, 4.69) is 41.8 Å². The van der Waals surface area contributed by atoms with Crippen LogP contribution in [-0.2, 0) is 6.42 Å². The molecular formula is C13H11Br2ClN2O. The first-order chi connectivity index (χ1) is 9.10. The van der Waals surface area contributed by atoms with Crippen LogP contribution in [0, 0.1) is 0 Å². The van der Waals surface area contributed by atoms with E-state index in [1.165, 1.54) is 6.33 Å². The summed E-state index contributed by atoms with van der Waals surface area (Å²) in [6.45, 7) is 0. The van der Waals surface area contributed by atoms with E-state index in [4.69, 9.17) is 16.3 Å². The Morgan fingerprint density at radius 1 is 1.32 bits per heavy atom. The van der Waals surface area contributed by atoms with Crippen molar-refractivity contribution < 1.29 is 4.74 Å². The summed E-state index contributed by atoms with van der Waals surface area (Å²) >= 11 is 13.1. The zero-order chi connectivity index (χ0) is 13.8. The number of methoxy groups -OCH3 is 1. The first kappa shape index (κ1) is 14.8. The van der Waals surface area contributed by atoms with Gasteiger partial charge in [-0.3, -0.25) is 0 Å². The van der Waals surface area contributed by atoms with E-state index in [1.807, 2.05) is 24.3 Å². The molecular weight excluding hydrogens is 395 g/mol. The van der Waals surface area contributed by atoms with Gasteiger partial charge in [0.05, 0.1) is 7.11 Å². The van der Waals surface area contributed by atoms with Crippen LogP contribution in [0.4, 0.5) is 0 Å². The second kappa shape index (κ2) is 6.68. The maximum absolute atomic E-state index is 5.94. The SMILES string of the molecule is COc1cc(CC(Br)c2ccc(Cl)cc2Br)ncn1. The standard InChI is InChI=1S/C13H11Br2ClN2O/c1-19-13-6-9(17-7-18-13)5-12(15)10-3-2-8(16)4-11(10)14/h2-4,6-7,12H,5H2,1H3. The Morgan fingerprint density at radius 2 is 2.11 bits per heavy atom. The zero-order valence-corrected chi connectivity index (χ0v) is 14.0. The molecule has 1 heterocycles. The molecule has 19 heavy (non-hydrogen) atoms. The Kier molecular flexibility index (Phi) is 5.19. The molecule has 0 saturated heterocycles. The lowest BCUT2D eigenvalue weighted by Crippen LogP contribution is -2.00. The Morgan fingerprint density at radius 3 is 2.79 bits per heavy atom. The number of hydrogen-bond acceptors (Lipinski definition) is 3. The third-order valence-corrected chi connectivity index (χ3v) is 4.33. The molecule has 0 N–H and O–H groups in total. The summed E-state index contributed by atoms with van der Waals surface area (Å²) < 4.78 is 6.06. The van der Waals surface area contributed by atoms with Crippen molar-refractivity contribution in [3.8, 4) is 5.88 Å². The summed E-state index contributed by atoms with van der Waals surface area (Å²) in [6, 6.07) is 7.57. The third kappa shape index (κ3) is 3.91. The van der Waals surface area contributed by atoms with Gasteiger partial charge in [0.15, 0.2) is 0 Å². The van der Waals surface area contributed by atoms with Gasteiger partial charge in [0.1, 0.15) is 6.33 Å². The highest BCUT2D eigenvalue weighted by Crippen LogP contribution is 2.33. The average molecular weight is 407 g/mol. The van der Waals surface area contributed by atoms with Gasteiger partial charge < -0.3 is 4.74 Å². The van der Waals surface area contributed by atoms with E-state index in [9.17, 15) is 0 Å². The number of benzene rings is 1. The molecule has 1 unspecified atom stereocenters. The molecule has 0 saturated carbocycles. The number of rotatable bonds is 4. The molecule has 0 aliphatic rings. The van der Waals surface area contributed by atoms with Gasteiger partial charge in [-0.2, -0.15) is 0 Å². The largest absolute Gasteiger partial charge is 0.481 e. The van der Waals surface area contributed by atoms with Crippen LogP contribution >= 0.6 is 43.5 Å². The van der Waals surface area contributed by atoms with Crippen LogP contribution in [0.2, 0.25) is 5.02 Å². The van der Waals surface area contributed by atoms with Crippen molar-refractivity contribution in [1.29, 1.82) is 0 Å². The number of ether oxygens (including phenoxy) is 1. The Labute approximate surface area is 133 Å². The van der Waals surface area contributed by atoms with Crippen molar-refractivity contribution in [2.45, 2.75) is 11.2 Å². The minimum absolute atomic E-state index is 0.138. The molecule has 2 rings (SSSR count). The van der Waals surface area contributed by atoms with Crippen molar-refractivity contribution in [3.63, 3.8) is 0 Å². The van der Waals surface area contributed by atoms with Gasteiger partial charge in [-0.05, 0) is 17.7 Å². The number of halogens is 3. The highest BCUT2D eigenvalue weighted by molar-refractivity contribution is 9.11. The molecule has 1 aromatic carbocycles. The fraction of sp³-hybridized carbons (Fsp3) is 0.231. The highest BCUT2D eigenvalue weighted by atomic mass is 79.9. The predicted molar refractivity (Wildman–Crippen MR) is 83.1 cm³/mol. The molecule has 0 fully saturated rings. The Balaban J connectivity index is 2.17. The molecule has 0 bridgehead atoms. The van der Waals surface area contributed by atoms with Crippen LogP contribution in [-0.4, -0.2) is 17.1 Å². The normalized spacial score (nSPS) is 12.2. The fourth-order valence-corrected chi connectivity index (χ4v) is 3.65. The van der Waals surface area contributed by atoms with Crippen LogP contribution < -0.4 is 4.74 Å². The molecule has 0 aliphatic carbocycles. The van der Waals surface area contributed by atoms with Crippen molar-refractivity contribution in [2.75, 3.05) is 7.11 Å². The summed E-state index contributed by atoms with van der Waals surface area (Å²) in [5.41, 5.74) is 2.04. The lowest BCUT2D eigenvalue weighted by molar-refractivity contribution is 0.396. The topological polar surface area (TPSA) is 35.0 Å². The van der Waals surface area contributed by atoms with Gasteiger partial charge in [0.2, 0.25) is 5.88 Å². The van der Waals surface area contributed by atoms with Gasteiger partial charge in [-0.15, -0.1) is 0 Å². The van der Waals surface area contributed by atoms with E-state index in [0.29, 0.717) is 10.9 Å². The van der Waals surface area contributed by atoms with Crippen LogP contribution in [0.25, 0.3) is 0 Å². The lowest BCUT2D eigenvalue weighted by Gasteiger charge is -2.12. The molecule has 0 spiro atoms. The van der Waals surface area contributed by atoms with E-state index < -0.39 is 0 Å². The molecule has 100 valence electrons. The van der Waals surface area contributed by atoms with Gasteiger partial charge in [0.25, 0.3) is 0 Å². The average Bonchev–Trinajstić information content (AvgIpc) is 2.38. The van der Waals surface area contributed by atoms with Gasteiger partial charge in [-0.25, -0.2) is 9.97 Å². The molecule has 3 nitrogen and oxygen atoms in total. The second-order valence-corrected chi connectivity index (χ2v) is 6.29. The van der Waals surface area contributed by atoms with Crippen molar-refractivity contribution in [3.05, 3.63) is 51.3 Å². The molecule has 0 aliphatic heterocycles. The Bertz CT molecular complexity index is 580. The predicted octanol–water partition coefficient (Wildman–Crippen LogP) is 4.58. The maximum Gasteiger partial charge on any atom is 0.216 e. The van der Waals surface area contributed by atoms with Crippen LogP contribution in [0.15, 0.2) is 35.1 Å². The third-order valence-electron chi connectivity index (χ3n) is 2.60. The second-order valence-electron chi connectivity index (χ2n) is 3.89. The number of alkyl halides is 1. The minimum atomic E-state index is 0.138. The quantitative estimate of drug-likeness (QED) is 0.697. The number of nitrogens with zero attached hydrogens (tertiary/aromatic N) is 2. The van der Waals surface area contributed by atoms with E-state index >= 15 is 0 Å². The van der Waals surface area contributed by atoms with Crippen LogP contribution in [0.3, 0.4) is 0 Å². The van der Waals surface area contributed by atoms with Crippen molar-refractivity contribution in [1.82, 2.24) is 9.97 Å². The van der Waals surface area contributed by atoms with Gasteiger partial charge >= 0.3 is 0 Å². The summed E-state index contributed by atoms with van der Waals surface area (Å²) in [4.78, 5) is 8.37. The zero-order valence-electron chi connectivity index (χ0n) is 10.1. The molecule has 2 aromatic rings. The first-order valence-electron chi connectivity index (χ1n) is 5.54. The molecule has 6 heteroatoms. The van der Waals surface area contributed by atoms with E-state index in [-0.39, 0.29) is 4.83 Å². The molecule has 1 aromatic heterocycles. The van der Waals surface area contributed by atoms with Crippen LogP contribution in [0.5, 0.6) is 5.88 Å². The summed E-state index contributed by atoms with van der Waals surface area (Å²) in [7, 11) is 1.59. The van der Waals surface area contributed by atoms with E-state index in [0.717, 1.165) is 22.2 Å². The molecule has 0 amide bonds. The summed E-state index contributed by atoms with van der Waals surface area (Å²) in [5.74, 6) is 0.569. The lowest BCUT2D eigenvalue weighted by atomic mass is 10.1. The number of hydrogen-bond donors (Lipinski definition) is 0. The fourth-order valence-electron chi connectivity index (χ4n) is 1.65. The smallest absolute Gasteiger partial charge is 0.216 e.